The molecule has 9 nitrogen and oxygen atoms in total. The topological polar surface area (TPSA) is 123 Å². The fourth-order valence-electron chi connectivity index (χ4n) is 5.19. The average Bonchev–Trinajstić information content (AvgIpc) is 2.97. The van der Waals surface area contributed by atoms with Crippen molar-refractivity contribution in [2.24, 2.45) is 0 Å². The maximum atomic E-state index is 14.1. The molecule has 4 rings (SSSR count). The maximum absolute atomic E-state index is 14.1. The van der Waals surface area contributed by atoms with E-state index in [4.69, 9.17) is 36.9 Å². The molecule has 0 amide bonds. The fourth-order valence-corrected chi connectivity index (χ4v) is 5.35. The predicted molar refractivity (Wildman–Crippen MR) is 170 cm³/mol. The lowest BCUT2D eigenvalue weighted by atomic mass is 9.93. The summed E-state index contributed by atoms with van der Waals surface area (Å²) < 4.78 is 25.1. The molecule has 1 aromatic heterocycles. The van der Waals surface area contributed by atoms with Gasteiger partial charge in [-0.05, 0) is 68.8 Å². The van der Waals surface area contributed by atoms with E-state index in [9.17, 15) is 14.3 Å². The summed E-state index contributed by atoms with van der Waals surface area (Å²) in [5, 5.41) is 25.5. The number of aryl methyl sites for hydroxylation is 1. The molecule has 0 spiro atoms. The Labute approximate surface area is 261 Å². The Morgan fingerprint density at radius 2 is 1.93 bits per heavy atom. The van der Waals surface area contributed by atoms with Crippen molar-refractivity contribution in [3.63, 3.8) is 0 Å². The van der Waals surface area contributed by atoms with E-state index in [1.54, 1.807) is 36.4 Å². The molecule has 0 radical (unpaired) electrons. The SMILES string of the molecule is C=C(CN1CCC(c2cccc(OCc3ccc(Cl)cc3F)n2)CC1)N(CCC(=N)OC(C)=N)c1cc(C(=O)O)ccc1C. The minimum Gasteiger partial charge on any atom is -0.478 e. The van der Waals surface area contributed by atoms with Crippen LogP contribution in [0.2, 0.25) is 5.02 Å². The van der Waals surface area contributed by atoms with Gasteiger partial charge in [0, 0.05) is 66.1 Å². The standard InChI is InChI=1S/C33H37ClFN5O4/c1-21-7-8-25(33(41)42)17-30(21)40(16-13-31(37)44-23(3)36)22(2)19-39-14-11-24(12-15-39)29-5-4-6-32(38-29)43-20-26-9-10-27(34)18-28(26)35/h4-10,17-18,24,36-37H,2,11-16,19-20H2,1,3H3,(H,41,42). The van der Waals surface area contributed by atoms with E-state index in [-0.39, 0.29) is 36.3 Å². The quantitative estimate of drug-likeness (QED) is 0.146. The minimum absolute atomic E-state index is 0.0415. The number of carboxylic acids is 1. The molecule has 0 atom stereocenters. The number of halogens is 2. The minimum atomic E-state index is -1.02. The zero-order chi connectivity index (χ0) is 31.8. The smallest absolute Gasteiger partial charge is 0.335 e. The lowest BCUT2D eigenvalue weighted by Gasteiger charge is -2.36. The van der Waals surface area contributed by atoms with E-state index in [2.05, 4.69) is 11.5 Å². The van der Waals surface area contributed by atoms with Crippen molar-refractivity contribution < 1.29 is 23.8 Å². The molecule has 0 bridgehead atoms. The van der Waals surface area contributed by atoms with Crippen molar-refractivity contribution >= 4 is 35.1 Å². The largest absolute Gasteiger partial charge is 0.478 e. The van der Waals surface area contributed by atoms with Crippen LogP contribution in [0.25, 0.3) is 0 Å². The highest BCUT2D eigenvalue weighted by atomic mass is 35.5. The van der Waals surface area contributed by atoms with E-state index in [1.807, 2.05) is 24.0 Å². The van der Waals surface area contributed by atoms with Crippen LogP contribution in [0.1, 0.15) is 59.3 Å². The van der Waals surface area contributed by atoms with E-state index in [0.717, 1.165) is 42.9 Å². The van der Waals surface area contributed by atoms with Gasteiger partial charge in [-0.3, -0.25) is 15.7 Å². The van der Waals surface area contributed by atoms with Gasteiger partial charge in [0.25, 0.3) is 0 Å². The van der Waals surface area contributed by atoms with Gasteiger partial charge in [-0.1, -0.05) is 36.4 Å². The monoisotopic (exact) mass is 621 g/mol. The maximum Gasteiger partial charge on any atom is 0.335 e. The van der Waals surface area contributed by atoms with E-state index >= 15 is 0 Å². The van der Waals surface area contributed by atoms with Crippen molar-refractivity contribution in [3.8, 4) is 5.88 Å². The third kappa shape index (κ3) is 8.87. The van der Waals surface area contributed by atoms with Crippen LogP contribution in [0.4, 0.5) is 10.1 Å². The summed E-state index contributed by atoms with van der Waals surface area (Å²) in [7, 11) is 0. The molecule has 1 saturated heterocycles. The highest BCUT2D eigenvalue weighted by Crippen LogP contribution is 2.30. The van der Waals surface area contributed by atoms with Gasteiger partial charge < -0.3 is 19.5 Å². The molecule has 1 aliphatic rings. The number of anilines is 1. The Balaban J connectivity index is 1.38. The number of benzene rings is 2. The van der Waals surface area contributed by atoms with Crippen LogP contribution in [-0.4, -0.2) is 58.9 Å². The van der Waals surface area contributed by atoms with Crippen LogP contribution in [-0.2, 0) is 11.3 Å². The van der Waals surface area contributed by atoms with Crippen LogP contribution < -0.4 is 9.64 Å². The van der Waals surface area contributed by atoms with E-state index in [0.29, 0.717) is 35.2 Å². The van der Waals surface area contributed by atoms with Gasteiger partial charge >= 0.3 is 5.97 Å². The molecule has 0 saturated carbocycles. The molecule has 0 aliphatic carbocycles. The highest BCUT2D eigenvalue weighted by molar-refractivity contribution is 6.30. The number of nitrogens with zero attached hydrogens (tertiary/aromatic N) is 3. The zero-order valence-corrected chi connectivity index (χ0v) is 25.7. The fraction of sp³-hybridized carbons (Fsp3) is 0.333. The summed E-state index contributed by atoms with van der Waals surface area (Å²) >= 11 is 5.84. The second kappa shape index (κ2) is 14.9. The molecule has 44 heavy (non-hydrogen) atoms. The summed E-state index contributed by atoms with van der Waals surface area (Å²) in [4.78, 5) is 20.6. The van der Waals surface area contributed by atoms with Crippen molar-refractivity contribution in [2.75, 3.05) is 31.1 Å². The number of hydrogen-bond donors (Lipinski definition) is 3. The number of pyridine rings is 1. The lowest BCUT2D eigenvalue weighted by molar-refractivity contribution is 0.0697. The Morgan fingerprint density at radius 1 is 1.18 bits per heavy atom. The average molecular weight is 622 g/mol. The van der Waals surface area contributed by atoms with Crippen LogP contribution in [0, 0.1) is 23.6 Å². The summed E-state index contributed by atoms with van der Waals surface area (Å²) in [5.74, 6) is -0.860. The van der Waals surface area contributed by atoms with Crippen molar-refractivity contribution in [2.45, 2.75) is 45.6 Å². The van der Waals surface area contributed by atoms with Crippen molar-refractivity contribution in [1.82, 2.24) is 9.88 Å². The van der Waals surface area contributed by atoms with Gasteiger partial charge in [-0.25, -0.2) is 14.2 Å². The summed E-state index contributed by atoms with van der Waals surface area (Å²) in [6.07, 6.45) is 1.98. The van der Waals surface area contributed by atoms with E-state index < -0.39 is 11.8 Å². The molecule has 0 unspecified atom stereocenters. The van der Waals surface area contributed by atoms with Gasteiger partial charge in [0.2, 0.25) is 5.88 Å². The molecule has 1 fully saturated rings. The zero-order valence-electron chi connectivity index (χ0n) is 24.9. The number of likely N-dealkylation sites (tertiary alicyclic amines) is 1. The molecule has 2 aromatic carbocycles. The molecule has 3 N–H and O–H groups in total. The summed E-state index contributed by atoms with van der Waals surface area (Å²) in [6, 6.07) is 15.1. The normalized spacial score (nSPS) is 13.7. The van der Waals surface area contributed by atoms with Crippen molar-refractivity contribution in [3.05, 3.63) is 100 Å². The number of rotatable bonds is 12. The second-order valence-corrected chi connectivity index (χ2v) is 11.3. The Bertz CT molecular complexity index is 1540. The van der Waals surface area contributed by atoms with Gasteiger partial charge in [-0.2, -0.15) is 0 Å². The first-order valence-electron chi connectivity index (χ1n) is 14.4. The van der Waals surface area contributed by atoms with Gasteiger partial charge in [0.15, 0.2) is 11.8 Å². The second-order valence-electron chi connectivity index (χ2n) is 10.8. The summed E-state index contributed by atoms with van der Waals surface area (Å²) in [5.41, 5.74) is 3.88. The molecule has 3 aromatic rings. The van der Waals surface area contributed by atoms with Crippen LogP contribution in [0.5, 0.6) is 5.88 Å². The van der Waals surface area contributed by atoms with Crippen LogP contribution >= 0.6 is 11.6 Å². The number of aromatic nitrogens is 1. The number of piperidine rings is 1. The third-order valence-electron chi connectivity index (χ3n) is 7.52. The molecule has 232 valence electrons. The third-order valence-corrected chi connectivity index (χ3v) is 7.75. The Hall–Kier alpha value is -4.28. The Kier molecular flexibility index (Phi) is 11.1. The number of ether oxygens (including phenoxy) is 2. The first kappa shape index (κ1) is 32.6. The highest BCUT2D eigenvalue weighted by Gasteiger charge is 2.24. The van der Waals surface area contributed by atoms with Gasteiger partial charge in [0.05, 0.1) is 5.56 Å². The van der Waals surface area contributed by atoms with Crippen LogP contribution in [0.3, 0.4) is 0 Å². The van der Waals surface area contributed by atoms with Crippen LogP contribution in [0.15, 0.2) is 66.9 Å². The number of nitrogens with one attached hydrogen (secondary N) is 2. The number of hydrogen-bond acceptors (Lipinski definition) is 8. The molecular formula is C33H37ClFN5O4. The van der Waals surface area contributed by atoms with Crippen molar-refractivity contribution in [1.29, 1.82) is 10.8 Å². The first-order chi connectivity index (χ1) is 21.0. The predicted octanol–water partition coefficient (Wildman–Crippen LogP) is 7.04. The molecule has 11 heteroatoms. The number of carbonyl (C=O) groups is 1. The number of aromatic carboxylic acids is 1. The first-order valence-corrected chi connectivity index (χ1v) is 14.7. The summed E-state index contributed by atoms with van der Waals surface area (Å²) in [6.45, 7) is 10.3. The number of carboxylic acid groups (broad SMARTS) is 1. The molecule has 1 aliphatic heterocycles. The van der Waals surface area contributed by atoms with Gasteiger partial charge in [-0.15, -0.1) is 0 Å². The molecule has 2 heterocycles. The molecular weight excluding hydrogens is 585 g/mol. The van der Waals surface area contributed by atoms with Gasteiger partial charge in [0.1, 0.15) is 12.4 Å². The lowest BCUT2D eigenvalue weighted by Crippen LogP contribution is -2.38. The van der Waals surface area contributed by atoms with E-state index in [1.165, 1.54) is 13.0 Å². The Morgan fingerprint density at radius 3 is 2.61 bits per heavy atom.